The molecule has 0 aliphatic heterocycles. The van der Waals surface area contributed by atoms with Crippen LogP contribution in [0.4, 0.5) is 8.78 Å². The molecule has 0 bridgehead atoms. The van der Waals surface area contributed by atoms with E-state index in [0.29, 0.717) is 0 Å². The van der Waals surface area contributed by atoms with Crippen LogP contribution in [0.1, 0.15) is 52.9 Å². The zero-order chi connectivity index (χ0) is 14.7. The van der Waals surface area contributed by atoms with Gasteiger partial charge in [0.05, 0.1) is 5.60 Å². The number of carbonyl (C=O) groups excluding carboxylic acids is 1. The third-order valence-electron chi connectivity index (χ3n) is 4.38. The molecular formula is C14H25F2NO2. The van der Waals surface area contributed by atoms with Gasteiger partial charge in [0.25, 0.3) is 0 Å². The fraction of sp³-hybridized carbons (Fsp3) is 0.929. The number of rotatable bonds is 5. The first-order valence-electron chi connectivity index (χ1n) is 7.06. The number of nitrogens with one attached hydrogen (secondary N) is 1. The first kappa shape index (κ1) is 16.3. The molecule has 0 aromatic carbocycles. The molecule has 2 N–H and O–H groups in total. The molecule has 5 heteroatoms. The fourth-order valence-corrected chi connectivity index (χ4v) is 2.33. The fourth-order valence-electron chi connectivity index (χ4n) is 2.33. The van der Waals surface area contributed by atoms with E-state index in [-0.39, 0.29) is 50.0 Å². The van der Waals surface area contributed by atoms with E-state index >= 15 is 0 Å². The second kappa shape index (κ2) is 6.16. The van der Waals surface area contributed by atoms with Gasteiger partial charge in [-0.05, 0) is 25.7 Å². The Balaban J connectivity index is 2.40. The predicted octanol–water partition coefficient (Wildman–Crippen LogP) is 2.73. The third kappa shape index (κ3) is 4.71. The molecule has 1 amide bonds. The molecule has 0 saturated heterocycles. The molecule has 0 heterocycles. The van der Waals surface area contributed by atoms with E-state index in [1.54, 1.807) is 6.92 Å². The van der Waals surface area contributed by atoms with E-state index in [2.05, 4.69) is 5.32 Å². The molecule has 1 aliphatic carbocycles. The van der Waals surface area contributed by atoms with Crippen molar-refractivity contribution in [3.8, 4) is 0 Å². The predicted molar refractivity (Wildman–Crippen MR) is 70.0 cm³/mol. The minimum Gasteiger partial charge on any atom is -0.388 e. The van der Waals surface area contributed by atoms with Gasteiger partial charge in [0.2, 0.25) is 11.8 Å². The lowest BCUT2D eigenvalue weighted by Gasteiger charge is -2.32. The quantitative estimate of drug-likeness (QED) is 0.811. The van der Waals surface area contributed by atoms with Crippen LogP contribution in [0.25, 0.3) is 0 Å². The molecule has 1 rings (SSSR count). The molecule has 0 aromatic heterocycles. The second-order valence-electron chi connectivity index (χ2n) is 6.01. The topological polar surface area (TPSA) is 49.3 Å². The molecule has 1 aliphatic rings. The SMILES string of the molecule is CCC(C)C(C)(O)CNC(=O)C1CCC(F)(F)CC1. The molecular weight excluding hydrogens is 252 g/mol. The van der Waals surface area contributed by atoms with Crippen molar-refractivity contribution in [1.29, 1.82) is 0 Å². The van der Waals surface area contributed by atoms with Crippen molar-refractivity contribution in [3.63, 3.8) is 0 Å². The van der Waals surface area contributed by atoms with Gasteiger partial charge in [-0.1, -0.05) is 20.3 Å². The van der Waals surface area contributed by atoms with Gasteiger partial charge in [0.15, 0.2) is 0 Å². The summed E-state index contributed by atoms with van der Waals surface area (Å²) in [6.07, 6.45) is 0.840. The van der Waals surface area contributed by atoms with Crippen LogP contribution in [0.5, 0.6) is 0 Å². The standard InChI is InChI=1S/C14H25F2NO2/c1-4-10(2)13(3,19)9-17-12(18)11-5-7-14(15,16)8-6-11/h10-11,19H,4-9H2,1-3H3,(H,17,18). The van der Waals surface area contributed by atoms with Crippen molar-refractivity contribution < 1.29 is 18.7 Å². The van der Waals surface area contributed by atoms with E-state index in [4.69, 9.17) is 0 Å². The van der Waals surface area contributed by atoms with Crippen molar-refractivity contribution in [1.82, 2.24) is 5.32 Å². The molecule has 2 unspecified atom stereocenters. The number of halogens is 2. The number of carbonyl (C=O) groups is 1. The minimum atomic E-state index is -2.61. The van der Waals surface area contributed by atoms with Crippen LogP contribution in [0, 0.1) is 11.8 Å². The Hall–Kier alpha value is -0.710. The number of hydrogen-bond acceptors (Lipinski definition) is 2. The molecule has 1 fully saturated rings. The van der Waals surface area contributed by atoms with Gasteiger partial charge in [-0.15, -0.1) is 0 Å². The largest absolute Gasteiger partial charge is 0.388 e. The van der Waals surface area contributed by atoms with Crippen molar-refractivity contribution in [2.75, 3.05) is 6.54 Å². The van der Waals surface area contributed by atoms with Gasteiger partial charge < -0.3 is 10.4 Å². The Bertz CT molecular complexity index is 309. The van der Waals surface area contributed by atoms with Crippen LogP contribution in [0.2, 0.25) is 0 Å². The number of alkyl halides is 2. The van der Waals surface area contributed by atoms with Crippen molar-refractivity contribution in [2.45, 2.75) is 64.4 Å². The van der Waals surface area contributed by atoms with Gasteiger partial charge >= 0.3 is 0 Å². The van der Waals surface area contributed by atoms with Crippen molar-refractivity contribution in [2.24, 2.45) is 11.8 Å². The summed E-state index contributed by atoms with van der Waals surface area (Å²) in [6, 6.07) is 0. The number of aliphatic hydroxyl groups is 1. The summed E-state index contributed by atoms with van der Waals surface area (Å²) in [5.74, 6) is -3.09. The Morgan fingerprint density at radius 3 is 2.47 bits per heavy atom. The maximum atomic E-state index is 13.0. The van der Waals surface area contributed by atoms with E-state index < -0.39 is 11.5 Å². The van der Waals surface area contributed by atoms with Crippen LogP contribution in [-0.4, -0.2) is 29.1 Å². The molecule has 112 valence electrons. The highest BCUT2D eigenvalue weighted by molar-refractivity contribution is 5.78. The smallest absolute Gasteiger partial charge is 0.248 e. The molecule has 3 nitrogen and oxygen atoms in total. The highest BCUT2D eigenvalue weighted by Crippen LogP contribution is 2.36. The van der Waals surface area contributed by atoms with Gasteiger partial charge in [-0.2, -0.15) is 0 Å². The average molecular weight is 277 g/mol. The van der Waals surface area contributed by atoms with E-state index in [1.807, 2.05) is 13.8 Å². The van der Waals surface area contributed by atoms with Crippen molar-refractivity contribution >= 4 is 5.91 Å². The first-order chi connectivity index (χ1) is 8.68. The monoisotopic (exact) mass is 277 g/mol. The molecule has 1 saturated carbocycles. The van der Waals surface area contributed by atoms with Crippen LogP contribution in [0.3, 0.4) is 0 Å². The van der Waals surface area contributed by atoms with Crippen LogP contribution in [0.15, 0.2) is 0 Å². The summed E-state index contributed by atoms with van der Waals surface area (Å²) in [5, 5.41) is 12.9. The zero-order valence-electron chi connectivity index (χ0n) is 12.0. The van der Waals surface area contributed by atoms with E-state index in [9.17, 15) is 18.7 Å². The first-order valence-corrected chi connectivity index (χ1v) is 7.06. The van der Waals surface area contributed by atoms with Gasteiger partial charge in [0.1, 0.15) is 0 Å². The third-order valence-corrected chi connectivity index (χ3v) is 4.38. The number of amides is 1. The summed E-state index contributed by atoms with van der Waals surface area (Å²) in [6.45, 7) is 5.77. The molecule has 0 aromatic rings. The summed E-state index contributed by atoms with van der Waals surface area (Å²) >= 11 is 0. The summed E-state index contributed by atoms with van der Waals surface area (Å²) in [7, 11) is 0. The Morgan fingerprint density at radius 2 is 2.00 bits per heavy atom. The molecule has 19 heavy (non-hydrogen) atoms. The summed E-state index contributed by atoms with van der Waals surface area (Å²) < 4.78 is 26.0. The van der Waals surface area contributed by atoms with Crippen LogP contribution < -0.4 is 5.32 Å². The maximum absolute atomic E-state index is 13.0. The Labute approximate surface area is 113 Å². The lowest BCUT2D eigenvalue weighted by atomic mass is 9.85. The highest BCUT2D eigenvalue weighted by atomic mass is 19.3. The van der Waals surface area contributed by atoms with Crippen LogP contribution >= 0.6 is 0 Å². The molecule has 0 radical (unpaired) electrons. The minimum absolute atomic E-state index is 0.0727. The lowest BCUT2D eigenvalue weighted by Crippen LogP contribution is -2.47. The second-order valence-corrected chi connectivity index (χ2v) is 6.01. The molecule has 2 atom stereocenters. The van der Waals surface area contributed by atoms with E-state index in [1.165, 1.54) is 0 Å². The number of hydrogen-bond donors (Lipinski definition) is 2. The zero-order valence-corrected chi connectivity index (χ0v) is 12.0. The normalized spacial score (nSPS) is 24.5. The Morgan fingerprint density at radius 1 is 1.47 bits per heavy atom. The lowest BCUT2D eigenvalue weighted by molar-refractivity contribution is -0.130. The van der Waals surface area contributed by atoms with Gasteiger partial charge in [0, 0.05) is 25.3 Å². The summed E-state index contributed by atoms with van der Waals surface area (Å²) in [4.78, 5) is 11.9. The molecule has 0 spiro atoms. The highest BCUT2D eigenvalue weighted by Gasteiger charge is 2.38. The van der Waals surface area contributed by atoms with Gasteiger partial charge in [-0.25, -0.2) is 8.78 Å². The van der Waals surface area contributed by atoms with E-state index in [0.717, 1.165) is 6.42 Å². The maximum Gasteiger partial charge on any atom is 0.248 e. The Kier molecular flexibility index (Phi) is 5.30. The average Bonchev–Trinajstić information content (AvgIpc) is 2.35. The van der Waals surface area contributed by atoms with Crippen LogP contribution in [-0.2, 0) is 4.79 Å². The van der Waals surface area contributed by atoms with Gasteiger partial charge in [-0.3, -0.25) is 4.79 Å². The van der Waals surface area contributed by atoms with Crippen molar-refractivity contribution in [3.05, 3.63) is 0 Å². The summed E-state index contributed by atoms with van der Waals surface area (Å²) in [5.41, 5.74) is -0.955.